The molecule has 0 unspecified atom stereocenters. The Morgan fingerprint density at radius 2 is 1.21 bits per heavy atom. The van der Waals surface area contributed by atoms with E-state index in [-0.39, 0.29) is 0 Å². The monoisotopic (exact) mass is 330 g/mol. The number of ether oxygens (including phenoxy) is 1. The SMILES string of the molecule is C=CC[Si](c1ccccc1)(c1ccccc1)c1ccc(OC)cc1. The average molecular weight is 331 g/mol. The Bertz CT molecular complexity index is 740. The highest BCUT2D eigenvalue weighted by Crippen LogP contribution is 2.16. The van der Waals surface area contributed by atoms with Crippen LogP contribution < -0.4 is 20.3 Å². The number of rotatable bonds is 6. The molecule has 0 saturated carbocycles. The molecule has 3 aromatic carbocycles. The van der Waals surface area contributed by atoms with Gasteiger partial charge in [-0.25, -0.2) is 0 Å². The van der Waals surface area contributed by atoms with Crippen LogP contribution in [0.15, 0.2) is 97.6 Å². The van der Waals surface area contributed by atoms with Gasteiger partial charge < -0.3 is 4.74 Å². The molecular weight excluding hydrogens is 308 g/mol. The molecule has 0 heterocycles. The predicted molar refractivity (Wildman–Crippen MR) is 106 cm³/mol. The van der Waals surface area contributed by atoms with Gasteiger partial charge in [0, 0.05) is 0 Å². The predicted octanol–water partition coefficient (Wildman–Crippen LogP) is 3.35. The van der Waals surface area contributed by atoms with E-state index in [4.69, 9.17) is 4.74 Å². The summed E-state index contributed by atoms with van der Waals surface area (Å²) in [7, 11) is -0.427. The van der Waals surface area contributed by atoms with Crippen molar-refractivity contribution in [2.24, 2.45) is 0 Å². The van der Waals surface area contributed by atoms with E-state index >= 15 is 0 Å². The van der Waals surface area contributed by atoms with Crippen LogP contribution in [0.1, 0.15) is 0 Å². The smallest absolute Gasteiger partial charge is 0.151 e. The molecule has 3 aromatic rings. The van der Waals surface area contributed by atoms with Crippen LogP contribution in [0.25, 0.3) is 0 Å². The molecule has 0 aliphatic carbocycles. The van der Waals surface area contributed by atoms with Crippen molar-refractivity contribution in [3.63, 3.8) is 0 Å². The Hall–Kier alpha value is -2.58. The Kier molecular flexibility index (Phi) is 4.97. The van der Waals surface area contributed by atoms with Crippen molar-refractivity contribution in [2.75, 3.05) is 7.11 Å². The molecule has 120 valence electrons. The van der Waals surface area contributed by atoms with Crippen LogP contribution in [0.2, 0.25) is 6.04 Å². The van der Waals surface area contributed by atoms with E-state index in [9.17, 15) is 0 Å². The van der Waals surface area contributed by atoms with E-state index in [1.54, 1.807) is 7.11 Å². The van der Waals surface area contributed by atoms with Crippen molar-refractivity contribution < 1.29 is 4.74 Å². The van der Waals surface area contributed by atoms with Gasteiger partial charge in [-0.15, -0.1) is 6.58 Å². The fourth-order valence-electron chi connectivity index (χ4n) is 3.39. The molecule has 0 aliphatic heterocycles. The first-order valence-electron chi connectivity index (χ1n) is 8.18. The van der Waals surface area contributed by atoms with Crippen molar-refractivity contribution in [1.82, 2.24) is 0 Å². The van der Waals surface area contributed by atoms with Gasteiger partial charge in [0.15, 0.2) is 8.07 Å². The molecule has 0 amide bonds. The summed E-state index contributed by atoms with van der Waals surface area (Å²) >= 11 is 0. The molecule has 1 nitrogen and oxygen atoms in total. The summed E-state index contributed by atoms with van der Waals surface area (Å²) in [4.78, 5) is 0. The summed E-state index contributed by atoms with van der Waals surface area (Å²) in [6, 6.07) is 31.2. The zero-order valence-electron chi connectivity index (χ0n) is 14.0. The molecule has 3 rings (SSSR count). The quantitative estimate of drug-likeness (QED) is 0.383. The Balaban J connectivity index is 2.27. The van der Waals surface area contributed by atoms with Crippen LogP contribution in [-0.2, 0) is 0 Å². The van der Waals surface area contributed by atoms with Gasteiger partial charge in [-0.1, -0.05) is 78.9 Å². The van der Waals surface area contributed by atoms with Crippen LogP contribution in [0.3, 0.4) is 0 Å². The first-order valence-corrected chi connectivity index (χ1v) is 10.4. The third-order valence-corrected chi connectivity index (χ3v) is 9.42. The minimum Gasteiger partial charge on any atom is -0.497 e. The Morgan fingerprint density at radius 1 is 0.750 bits per heavy atom. The average Bonchev–Trinajstić information content (AvgIpc) is 2.68. The molecule has 0 bridgehead atoms. The maximum Gasteiger partial charge on any atom is 0.151 e. The minimum atomic E-state index is -2.13. The lowest BCUT2D eigenvalue weighted by Gasteiger charge is -2.33. The van der Waals surface area contributed by atoms with E-state index in [1.807, 2.05) is 0 Å². The Labute approximate surface area is 145 Å². The van der Waals surface area contributed by atoms with E-state index in [1.165, 1.54) is 15.6 Å². The molecule has 0 atom stereocenters. The molecular formula is C22H22OSi. The minimum absolute atomic E-state index is 0.890. The highest BCUT2D eigenvalue weighted by atomic mass is 28.3. The summed E-state index contributed by atoms with van der Waals surface area (Å²) in [5, 5.41) is 4.18. The summed E-state index contributed by atoms with van der Waals surface area (Å²) in [6.45, 7) is 4.07. The van der Waals surface area contributed by atoms with Gasteiger partial charge in [-0.05, 0) is 33.7 Å². The fourth-order valence-corrected chi connectivity index (χ4v) is 7.79. The second-order valence-electron chi connectivity index (χ2n) is 5.86. The molecule has 0 N–H and O–H groups in total. The second-order valence-corrected chi connectivity index (χ2v) is 9.81. The number of hydrogen-bond acceptors (Lipinski definition) is 1. The van der Waals surface area contributed by atoms with Gasteiger partial charge in [0.25, 0.3) is 0 Å². The first-order chi connectivity index (χ1) is 11.8. The third-order valence-electron chi connectivity index (χ3n) is 4.57. The highest BCUT2D eigenvalue weighted by Gasteiger charge is 2.37. The van der Waals surface area contributed by atoms with E-state index in [0.717, 1.165) is 11.8 Å². The number of benzene rings is 3. The summed E-state index contributed by atoms with van der Waals surface area (Å²) in [5.41, 5.74) is 0. The molecule has 24 heavy (non-hydrogen) atoms. The van der Waals surface area contributed by atoms with Gasteiger partial charge in [-0.3, -0.25) is 0 Å². The Morgan fingerprint density at radius 3 is 1.62 bits per heavy atom. The van der Waals surface area contributed by atoms with Crippen LogP contribution in [-0.4, -0.2) is 15.2 Å². The van der Waals surface area contributed by atoms with Gasteiger partial charge in [0.2, 0.25) is 0 Å². The normalized spacial score (nSPS) is 11.0. The lowest BCUT2D eigenvalue weighted by Crippen LogP contribution is -2.66. The molecule has 0 aliphatic rings. The summed E-state index contributed by atoms with van der Waals surface area (Å²) < 4.78 is 5.35. The van der Waals surface area contributed by atoms with Gasteiger partial charge >= 0.3 is 0 Å². The zero-order chi connectivity index (χ0) is 16.8. The molecule has 0 spiro atoms. The summed E-state index contributed by atoms with van der Waals surface area (Å²) in [6.07, 6.45) is 2.07. The number of hydrogen-bond donors (Lipinski definition) is 0. The second kappa shape index (κ2) is 7.32. The summed E-state index contributed by atoms with van der Waals surface area (Å²) in [5.74, 6) is 0.890. The third kappa shape index (κ3) is 2.93. The standard InChI is InChI=1S/C22H22OSi/c1-3-18-24(20-10-6-4-7-11-20,21-12-8-5-9-13-21)22-16-14-19(23-2)15-17-22/h3-17H,1,18H2,2H3. The van der Waals surface area contributed by atoms with E-state index in [0.29, 0.717) is 0 Å². The number of allylic oxidation sites excluding steroid dienone is 1. The maximum absolute atomic E-state index is 5.35. The van der Waals surface area contributed by atoms with E-state index < -0.39 is 8.07 Å². The zero-order valence-corrected chi connectivity index (χ0v) is 15.0. The van der Waals surface area contributed by atoms with Crippen molar-refractivity contribution in [2.45, 2.75) is 6.04 Å². The van der Waals surface area contributed by atoms with Crippen LogP contribution >= 0.6 is 0 Å². The van der Waals surface area contributed by atoms with Crippen LogP contribution in [0, 0.1) is 0 Å². The number of methoxy groups -OCH3 is 1. The largest absolute Gasteiger partial charge is 0.497 e. The van der Waals surface area contributed by atoms with Crippen molar-refractivity contribution in [1.29, 1.82) is 0 Å². The maximum atomic E-state index is 5.35. The molecule has 0 fully saturated rings. The van der Waals surface area contributed by atoms with Gasteiger partial charge in [0.05, 0.1) is 7.11 Å². The lowest BCUT2D eigenvalue weighted by atomic mass is 10.3. The lowest BCUT2D eigenvalue weighted by molar-refractivity contribution is 0.415. The van der Waals surface area contributed by atoms with Crippen molar-refractivity contribution >= 4 is 23.6 Å². The van der Waals surface area contributed by atoms with Crippen molar-refractivity contribution in [3.8, 4) is 5.75 Å². The van der Waals surface area contributed by atoms with Crippen LogP contribution in [0.4, 0.5) is 0 Å². The fraction of sp³-hybridized carbons (Fsp3) is 0.0909. The molecule has 2 heteroatoms. The molecule has 0 aromatic heterocycles. The van der Waals surface area contributed by atoms with Crippen LogP contribution in [0.5, 0.6) is 5.75 Å². The van der Waals surface area contributed by atoms with Crippen molar-refractivity contribution in [3.05, 3.63) is 97.6 Å². The van der Waals surface area contributed by atoms with E-state index in [2.05, 4.69) is 97.6 Å². The van der Waals surface area contributed by atoms with Gasteiger partial charge in [-0.2, -0.15) is 0 Å². The highest BCUT2D eigenvalue weighted by molar-refractivity contribution is 7.11. The molecule has 0 saturated heterocycles. The van der Waals surface area contributed by atoms with Gasteiger partial charge in [0.1, 0.15) is 5.75 Å². The topological polar surface area (TPSA) is 9.23 Å². The molecule has 0 radical (unpaired) electrons. The first kappa shape index (κ1) is 16.3.